The van der Waals surface area contributed by atoms with Gasteiger partial charge < -0.3 is 4.74 Å². The van der Waals surface area contributed by atoms with E-state index in [1.807, 2.05) is 43.6 Å². The molecular weight excluding hydrogens is 374 g/mol. The monoisotopic (exact) mass is 396 g/mol. The minimum Gasteiger partial charge on any atom is -0.458 e. The van der Waals surface area contributed by atoms with Crippen LogP contribution in [0.1, 0.15) is 18.1 Å². The highest BCUT2D eigenvalue weighted by atomic mass is 32.2. The molecule has 0 aliphatic rings. The molecule has 27 heavy (non-hydrogen) atoms. The molecule has 0 atom stereocenters. The maximum Gasteiger partial charge on any atom is 0.405 e. The molecule has 5 heteroatoms. The lowest BCUT2D eigenvalue weighted by atomic mass is 10.1. The molecule has 0 saturated heterocycles. The normalized spacial score (nSPS) is 12.0. The maximum absolute atomic E-state index is 12.5. The summed E-state index contributed by atoms with van der Waals surface area (Å²) in [7, 11) is 0. The number of pyridine rings is 1. The van der Waals surface area contributed by atoms with E-state index in [4.69, 9.17) is 4.74 Å². The lowest BCUT2D eigenvalue weighted by Crippen LogP contribution is -2.37. The second-order valence-corrected chi connectivity index (χ2v) is 7.82. The Morgan fingerprint density at radius 1 is 1.07 bits per heavy atom. The van der Waals surface area contributed by atoms with Crippen molar-refractivity contribution in [3.8, 4) is 0 Å². The van der Waals surface area contributed by atoms with Crippen LogP contribution in [0.15, 0.2) is 71.2 Å². The number of nitrogens with zero attached hydrogens (tertiary/aromatic N) is 1. The highest BCUT2D eigenvalue weighted by Crippen LogP contribution is 2.30. The van der Waals surface area contributed by atoms with Crippen LogP contribution in [0.3, 0.4) is 0 Å². The zero-order chi connectivity index (χ0) is 19.2. The van der Waals surface area contributed by atoms with Crippen LogP contribution in [-0.4, -0.2) is 12.6 Å². The molecule has 0 amide bonds. The Morgan fingerprint density at radius 2 is 1.78 bits per heavy atom. The number of ether oxygens (including phenoxy) is 1. The van der Waals surface area contributed by atoms with Crippen molar-refractivity contribution < 1.29 is 14.1 Å². The number of aryl methyl sites for hydroxylation is 1. The molecular formula is C22H22NO2S2+. The van der Waals surface area contributed by atoms with E-state index in [9.17, 15) is 4.79 Å². The quantitative estimate of drug-likeness (QED) is 0.276. The third-order valence-corrected chi connectivity index (χ3v) is 5.69. The van der Waals surface area contributed by atoms with E-state index in [0.29, 0.717) is 16.5 Å². The first-order chi connectivity index (χ1) is 13.1. The Balaban J connectivity index is 1.91. The minimum atomic E-state index is -0.373. The molecule has 3 nitrogen and oxygen atoms in total. The summed E-state index contributed by atoms with van der Waals surface area (Å²) < 4.78 is 7.65. The molecule has 0 unspecified atom stereocenters. The van der Waals surface area contributed by atoms with Crippen LogP contribution in [0.5, 0.6) is 0 Å². The van der Waals surface area contributed by atoms with Crippen molar-refractivity contribution in [3.63, 3.8) is 0 Å². The van der Waals surface area contributed by atoms with Crippen LogP contribution >= 0.6 is 24.4 Å². The van der Waals surface area contributed by atoms with Crippen molar-refractivity contribution in [2.24, 2.45) is 0 Å². The second-order valence-electron chi connectivity index (χ2n) is 6.08. The van der Waals surface area contributed by atoms with Gasteiger partial charge in [0, 0.05) is 17.9 Å². The zero-order valence-corrected chi connectivity index (χ0v) is 17.1. The third kappa shape index (κ3) is 4.73. The van der Waals surface area contributed by atoms with Gasteiger partial charge in [0.05, 0.1) is 6.61 Å². The number of thiol groups is 1. The predicted molar refractivity (Wildman–Crippen MR) is 115 cm³/mol. The smallest absolute Gasteiger partial charge is 0.405 e. The zero-order valence-electron chi connectivity index (χ0n) is 15.4. The summed E-state index contributed by atoms with van der Waals surface area (Å²) >= 11 is 6.17. The molecule has 0 aliphatic carbocycles. The fourth-order valence-corrected chi connectivity index (χ4v) is 4.06. The van der Waals surface area contributed by atoms with Crippen LogP contribution in [0.4, 0.5) is 0 Å². The Hall–Kier alpha value is -2.24. The fraction of sp³-hybridized carbons (Fsp3) is 0.182. The van der Waals surface area contributed by atoms with Gasteiger partial charge in [-0.15, -0.1) is 24.4 Å². The summed E-state index contributed by atoms with van der Waals surface area (Å²) in [6.07, 6.45) is 3.71. The van der Waals surface area contributed by atoms with Gasteiger partial charge in [0.2, 0.25) is 0 Å². The second kappa shape index (κ2) is 9.11. The first-order valence-corrected chi connectivity index (χ1v) is 10.2. The SMILES string of the molecule is CCOC(=O)/C(=C(/S)SCc1cccc2ccccc12)[n+]1ccc(C)cc1. The summed E-state index contributed by atoms with van der Waals surface area (Å²) in [6, 6.07) is 18.5. The largest absolute Gasteiger partial charge is 0.458 e. The summed E-state index contributed by atoms with van der Waals surface area (Å²) in [4.78, 5) is 12.5. The summed E-state index contributed by atoms with van der Waals surface area (Å²) in [5, 5.41) is 2.42. The van der Waals surface area contributed by atoms with Gasteiger partial charge in [-0.2, -0.15) is 4.57 Å². The van der Waals surface area contributed by atoms with Crippen LogP contribution in [-0.2, 0) is 15.3 Å². The number of benzene rings is 2. The molecule has 0 aliphatic heterocycles. The molecule has 0 N–H and O–H groups in total. The number of carbonyl (C=O) groups is 1. The molecule has 2 aromatic carbocycles. The molecule has 0 spiro atoms. The van der Waals surface area contributed by atoms with Crippen molar-refractivity contribution in [3.05, 3.63) is 82.4 Å². The van der Waals surface area contributed by atoms with Gasteiger partial charge in [-0.25, -0.2) is 4.79 Å². The number of rotatable bonds is 6. The highest BCUT2D eigenvalue weighted by molar-refractivity contribution is 8.15. The van der Waals surface area contributed by atoms with Gasteiger partial charge in [-0.1, -0.05) is 42.5 Å². The average molecular weight is 397 g/mol. The van der Waals surface area contributed by atoms with Crippen molar-refractivity contribution in [1.82, 2.24) is 0 Å². The number of hydrogen-bond acceptors (Lipinski definition) is 4. The number of esters is 1. The standard InChI is InChI=1S/C22H21NO2S2/c1-3-25-21(24)20(23-13-11-16(2)12-14-23)22(26)27-15-18-9-6-8-17-7-4-5-10-19(17)18/h4-14H,3,15H2,1-2H3/p+1. The van der Waals surface area contributed by atoms with Crippen molar-refractivity contribution >= 4 is 46.8 Å². The third-order valence-electron chi connectivity index (χ3n) is 4.17. The molecule has 1 aromatic heterocycles. The number of aromatic nitrogens is 1. The Morgan fingerprint density at radius 3 is 2.52 bits per heavy atom. The summed E-state index contributed by atoms with van der Waals surface area (Å²) in [6.45, 7) is 4.13. The van der Waals surface area contributed by atoms with Crippen LogP contribution < -0.4 is 4.57 Å². The van der Waals surface area contributed by atoms with E-state index in [2.05, 4.69) is 43.0 Å². The van der Waals surface area contributed by atoms with Crippen molar-refractivity contribution in [1.29, 1.82) is 0 Å². The van der Waals surface area contributed by atoms with E-state index in [0.717, 1.165) is 11.3 Å². The predicted octanol–water partition coefficient (Wildman–Crippen LogP) is 4.99. The molecule has 0 fully saturated rings. The van der Waals surface area contributed by atoms with Gasteiger partial charge in [0.25, 0.3) is 0 Å². The average Bonchev–Trinajstić information content (AvgIpc) is 2.68. The van der Waals surface area contributed by atoms with Crippen molar-refractivity contribution in [2.45, 2.75) is 19.6 Å². The fourth-order valence-electron chi connectivity index (χ4n) is 2.79. The topological polar surface area (TPSA) is 30.2 Å². The maximum atomic E-state index is 12.5. The van der Waals surface area contributed by atoms with Crippen LogP contribution in [0.2, 0.25) is 0 Å². The Kier molecular flexibility index (Phi) is 6.58. The number of fused-ring (bicyclic) bond motifs is 1. The van der Waals surface area contributed by atoms with Gasteiger partial charge in [0.1, 0.15) is 4.24 Å². The lowest BCUT2D eigenvalue weighted by molar-refractivity contribution is -0.578. The number of thioether (sulfide) groups is 1. The molecule has 0 radical (unpaired) electrons. The summed E-state index contributed by atoms with van der Waals surface area (Å²) in [5.74, 6) is 0.344. The Labute approximate surface area is 169 Å². The number of carbonyl (C=O) groups excluding carboxylic acids is 1. The molecule has 0 saturated carbocycles. The van der Waals surface area contributed by atoms with E-state index < -0.39 is 0 Å². The van der Waals surface area contributed by atoms with E-state index in [1.54, 1.807) is 11.5 Å². The van der Waals surface area contributed by atoms with Gasteiger partial charge >= 0.3 is 11.7 Å². The van der Waals surface area contributed by atoms with E-state index >= 15 is 0 Å². The number of hydrogen-bond donors (Lipinski definition) is 1. The van der Waals surface area contributed by atoms with Gasteiger partial charge in [0.15, 0.2) is 12.4 Å². The molecule has 3 rings (SSSR count). The van der Waals surface area contributed by atoms with Crippen LogP contribution in [0.25, 0.3) is 16.5 Å². The van der Waals surface area contributed by atoms with Gasteiger partial charge in [-0.3, -0.25) is 0 Å². The van der Waals surface area contributed by atoms with Crippen molar-refractivity contribution in [2.75, 3.05) is 6.61 Å². The molecule has 3 aromatic rings. The van der Waals surface area contributed by atoms with Crippen LogP contribution in [0, 0.1) is 6.92 Å². The minimum absolute atomic E-state index is 0.323. The lowest BCUT2D eigenvalue weighted by Gasteiger charge is -2.08. The highest BCUT2D eigenvalue weighted by Gasteiger charge is 2.26. The first-order valence-electron chi connectivity index (χ1n) is 8.78. The first kappa shape index (κ1) is 19.5. The Bertz CT molecular complexity index is 976. The van der Waals surface area contributed by atoms with E-state index in [-0.39, 0.29) is 5.97 Å². The molecule has 1 heterocycles. The van der Waals surface area contributed by atoms with E-state index in [1.165, 1.54) is 28.1 Å². The summed E-state index contributed by atoms with van der Waals surface area (Å²) in [5.41, 5.74) is 2.77. The van der Waals surface area contributed by atoms with Gasteiger partial charge in [-0.05, 0) is 35.7 Å². The molecule has 0 bridgehead atoms. The molecule has 138 valence electrons.